The van der Waals surface area contributed by atoms with E-state index < -0.39 is 0 Å². The van der Waals surface area contributed by atoms with Crippen molar-refractivity contribution >= 4 is 28.4 Å². The van der Waals surface area contributed by atoms with Crippen LogP contribution in [0.1, 0.15) is 36.0 Å². The Balaban J connectivity index is 1.58. The molecule has 0 aliphatic heterocycles. The van der Waals surface area contributed by atoms with Gasteiger partial charge in [-0.2, -0.15) is 0 Å². The van der Waals surface area contributed by atoms with E-state index >= 15 is 0 Å². The van der Waals surface area contributed by atoms with E-state index in [-0.39, 0.29) is 18.1 Å². The summed E-state index contributed by atoms with van der Waals surface area (Å²) < 4.78 is 0. The van der Waals surface area contributed by atoms with Crippen molar-refractivity contribution in [1.29, 1.82) is 0 Å². The molecule has 27 heavy (non-hydrogen) atoms. The summed E-state index contributed by atoms with van der Waals surface area (Å²) in [5.74, 6) is 0.283. The summed E-state index contributed by atoms with van der Waals surface area (Å²) in [4.78, 5) is 25.6. The highest BCUT2D eigenvalue weighted by atomic mass is 16.3. The fraction of sp³-hybridized carbons (Fsp3) is 0.300. The number of nitrogens with one attached hydrogen (secondary N) is 2. The lowest BCUT2D eigenvalue weighted by Crippen LogP contribution is -2.29. The van der Waals surface area contributed by atoms with Crippen LogP contribution in [0.4, 0.5) is 11.6 Å². The second kappa shape index (κ2) is 7.67. The number of aromatic nitrogens is 3. The van der Waals surface area contributed by atoms with Crippen LogP contribution in [0.3, 0.4) is 0 Å². The van der Waals surface area contributed by atoms with Gasteiger partial charge in [0.15, 0.2) is 0 Å². The molecule has 2 heterocycles. The number of aliphatic hydroxyl groups excluding tert-OH is 1. The molecule has 0 unspecified atom stereocenters. The number of carbonyl (C=O) groups is 1. The number of fused-ring (bicyclic) bond motifs is 1. The predicted molar refractivity (Wildman–Crippen MR) is 104 cm³/mol. The molecule has 3 aromatic rings. The Morgan fingerprint density at radius 1 is 1.07 bits per heavy atom. The third-order valence-corrected chi connectivity index (χ3v) is 4.82. The number of pyridine rings is 1. The predicted octanol–water partition coefficient (Wildman–Crippen LogP) is 2.99. The average Bonchev–Trinajstić information content (AvgIpc) is 2.70. The van der Waals surface area contributed by atoms with Crippen LogP contribution in [-0.2, 0) is 0 Å². The maximum atomic E-state index is 12.7. The van der Waals surface area contributed by atoms with Crippen LogP contribution in [0.25, 0.3) is 10.9 Å². The second-order valence-corrected chi connectivity index (χ2v) is 6.78. The Hall–Kier alpha value is -3.06. The number of hydrogen-bond donors (Lipinski definition) is 3. The zero-order chi connectivity index (χ0) is 18.6. The van der Waals surface area contributed by atoms with Crippen LogP contribution >= 0.6 is 0 Å². The monoisotopic (exact) mass is 363 g/mol. The van der Waals surface area contributed by atoms with Gasteiger partial charge < -0.3 is 15.7 Å². The highest BCUT2D eigenvalue weighted by Crippen LogP contribution is 2.23. The van der Waals surface area contributed by atoms with Gasteiger partial charge in [0.2, 0.25) is 5.95 Å². The van der Waals surface area contributed by atoms with E-state index in [1.165, 1.54) is 0 Å². The number of aliphatic hydroxyl groups is 1. The van der Waals surface area contributed by atoms with Gasteiger partial charge in [0.1, 0.15) is 0 Å². The number of benzene rings is 1. The molecule has 138 valence electrons. The van der Waals surface area contributed by atoms with Crippen molar-refractivity contribution in [3.63, 3.8) is 0 Å². The average molecular weight is 363 g/mol. The van der Waals surface area contributed by atoms with Crippen LogP contribution < -0.4 is 10.6 Å². The maximum absolute atomic E-state index is 12.7. The van der Waals surface area contributed by atoms with Crippen molar-refractivity contribution in [3.05, 3.63) is 54.5 Å². The molecule has 7 nitrogen and oxygen atoms in total. The molecule has 0 atom stereocenters. The van der Waals surface area contributed by atoms with E-state index in [1.54, 1.807) is 36.8 Å². The first-order valence-corrected chi connectivity index (χ1v) is 9.11. The van der Waals surface area contributed by atoms with Crippen molar-refractivity contribution in [2.75, 3.05) is 10.6 Å². The van der Waals surface area contributed by atoms with Crippen LogP contribution in [0, 0.1) is 0 Å². The molecule has 2 aromatic heterocycles. The molecule has 0 radical (unpaired) electrons. The molecule has 1 fully saturated rings. The van der Waals surface area contributed by atoms with Crippen molar-refractivity contribution < 1.29 is 9.90 Å². The topological polar surface area (TPSA) is 100 Å². The number of amides is 1. The zero-order valence-electron chi connectivity index (χ0n) is 14.8. The van der Waals surface area contributed by atoms with Crippen LogP contribution in [0.2, 0.25) is 0 Å². The molecule has 0 bridgehead atoms. The highest BCUT2D eigenvalue weighted by molar-refractivity contribution is 6.11. The molecule has 1 aliphatic carbocycles. The number of anilines is 2. The summed E-state index contributed by atoms with van der Waals surface area (Å²) in [6, 6.07) is 9.18. The molecule has 1 aliphatic rings. The molecular formula is C20H21N5O2. The standard InChI is InChI=1S/C20H21N5O2/c26-16-6-4-14(5-7-16)24-20-22-12-13-2-1-3-17(18(13)25-20)19(27)23-15-8-10-21-11-9-15/h1-3,8-12,14,16,26H,4-7H2,(H,21,23,27)(H,22,24,25). The Kier molecular flexibility index (Phi) is 4.93. The van der Waals surface area contributed by atoms with E-state index in [0.717, 1.165) is 31.1 Å². The SMILES string of the molecule is O=C(Nc1ccncc1)c1cccc2cnc(NC3CCC(O)CC3)nc12. The van der Waals surface area contributed by atoms with Crippen molar-refractivity contribution in [2.45, 2.75) is 37.8 Å². The first-order chi connectivity index (χ1) is 13.2. The van der Waals surface area contributed by atoms with E-state index in [9.17, 15) is 9.90 Å². The molecule has 1 amide bonds. The summed E-state index contributed by atoms with van der Waals surface area (Å²) in [5.41, 5.74) is 1.78. The lowest BCUT2D eigenvalue weighted by molar-refractivity contribution is 0.102. The summed E-state index contributed by atoms with van der Waals surface area (Å²) in [7, 11) is 0. The van der Waals surface area contributed by atoms with Gasteiger partial charge in [0.25, 0.3) is 5.91 Å². The number of hydrogen-bond acceptors (Lipinski definition) is 6. The Labute approximate surface area is 156 Å². The van der Waals surface area contributed by atoms with E-state index in [1.807, 2.05) is 12.1 Å². The lowest BCUT2D eigenvalue weighted by atomic mass is 9.93. The lowest BCUT2D eigenvalue weighted by Gasteiger charge is -2.26. The van der Waals surface area contributed by atoms with Gasteiger partial charge in [0, 0.05) is 35.7 Å². The molecule has 4 rings (SSSR count). The Morgan fingerprint density at radius 2 is 1.85 bits per heavy atom. The third kappa shape index (κ3) is 4.03. The fourth-order valence-electron chi connectivity index (χ4n) is 3.34. The van der Waals surface area contributed by atoms with Crippen molar-refractivity contribution in [1.82, 2.24) is 15.0 Å². The van der Waals surface area contributed by atoms with Gasteiger partial charge in [-0.25, -0.2) is 9.97 Å². The highest BCUT2D eigenvalue weighted by Gasteiger charge is 2.20. The molecule has 1 aromatic carbocycles. The number of rotatable bonds is 4. The normalized spacial score (nSPS) is 19.6. The van der Waals surface area contributed by atoms with Gasteiger partial charge in [-0.3, -0.25) is 9.78 Å². The number of para-hydroxylation sites is 1. The van der Waals surface area contributed by atoms with Crippen molar-refractivity contribution in [3.8, 4) is 0 Å². The molecule has 7 heteroatoms. The number of carbonyl (C=O) groups excluding carboxylic acids is 1. The molecule has 3 N–H and O–H groups in total. The molecule has 0 spiro atoms. The first kappa shape index (κ1) is 17.4. The molecule has 1 saturated carbocycles. The van der Waals surface area contributed by atoms with E-state index in [4.69, 9.17) is 0 Å². The number of nitrogens with zero attached hydrogens (tertiary/aromatic N) is 3. The van der Waals surface area contributed by atoms with Crippen molar-refractivity contribution in [2.24, 2.45) is 0 Å². The van der Waals surface area contributed by atoms with Gasteiger partial charge in [-0.1, -0.05) is 12.1 Å². The fourth-order valence-corrected chi connectivity index (χ4v) is 3.34. The minimum Gasteiger partial charge on any atom is -0.393 e. The van der Waals surface area contributed by atoms with Crippen LogP contribution in [-0.4, -0.2) is 38.1 Å². The van der Waals surface area contributed by atoms with Gasteiger partial charge in [-0.15, -0.1) is 0 Å². The van der Waals surface area contributed by atoms with Crippen LogP contribution in [0.15, 0.2) is 48.9 Å². The largest absolute Gasteiger partial charge is 0.393 e. The third-order valence-electron chi connectivity index (χ3n) is 4.82. The Morgan fingerprint density at radius 3 is 2.63 bits per heavy atom. The zero-order valence-corrected chi connectivity index (χ0v) is 14.8. The molecular weight excluding hydrogens is 342 g/mol. The van der Waals surface area contributed by atoms with E-state index in [2.05, 4.69) is 25.6 Å². The summed E-state index contributed by atoms with van der Waals surface area (Å²) in [6.07, 6.45) is 8.11. The summed E-state index contributed by atoms with van der Waals surface area (Å²) >= 11 is 0. The minimum absolute atomic E-state index is 0.205. The Bertz CT molecular complexity index is 940. The summed E-state index contributed by atoms with van der Waals surface area (Å²) in [5, 5.41) is 16.7. The maximum Gasteiger partial charge on any atom is 0.257 e. The van der Waals surface area contributed by atoms with Gasteiger partial charge >= 0.3 is 0 Å². The molecule has 0 saturated heterocycles. The minimum atomic E-state index is -0.225. The smallest absolute Gasteiger partial charge is 0.257 e. The second-order valence-electron chi connectivity index (χ2n) is 6.78. The van der Waals surface area contributed by atoms with Gasteiger partial charge in [-0.05, 0) is 43.9 Å². The van der Waals surface area contributed by atoms with Crippen LogP contribution in [0.5, 0.6) is 0 Å². The van der Waals surface area contributed by atoms with Gasteiger partial charge in [0.05, 0.1) is 17.2 Å². The first-order valence-electron chi connectivity index (χ1n) is 9.11. The van der Waals surface area contributed by atoms with E-state index in [0.29, 0.717) is 22.7 Å². The quantitative estimate of drug-likeness (QED) is 0.659. The summed E-state index contributed by atoms with van der Waals surface area (Å²) in [6.45, 7) is 0.